The molecule has 0 amide bonds. The van der Waals surface area contributed by atoms with Crippen molar-refractivity contribution < 1.29 is 0 Å². The van der Waals surface area contributed by atoms with E-state index in [0.29, 0.717) is 0 Å². The summed E-state index contributed by atoms with van der Waals surface area (Å²) < 4.78 is 5.08. The summed E-state index contributed by atoms with van der Waals surface area (Å²) in [5.74, 6) is 0. The molecule has 0 radical (unpaired) electrons. The fraction of sp³-hybridized carbons (Fsp3) is 0.0189. The predicted molar refractivity (Wildman–Crippen MR) is 243 cm³/mol. The summed E-state index contributed by atoms with van der Waals surface area (Å²) in [6, 6.07) is 62.5. The molecular weight excluding hydrogens is 697 g/mol. The van der Waals surface area contributed by atoms with E-state index in [-0.39, 0.29) is 0 Å². The van der Waals surface area contributed by atoms with Crippen LogP contribution in [-0.4, -0.2) is 11.1 Å². The van der Waals surface area contributed by atoms with Gasteiger partial charge in [0.15, 0.2) is 0 Å². The van der Waals surface area contributed by atoms with Crippen molar-refractivity contribution in [2.24, 2.45) is 0 Å². The SMILES string of the molecule is C=C1/C=C\C=C/CN(c2ccccc2)c2ccc(-c3ccc4c(c3)c3cc(-c5ccc6c(c5)sc5ccccc56)ccc3n4-c3ccc4ccccc4c3)cc21. The van der Waals surface area contributed by atoms with Crippen LogP contribution < -0.4 is 4.90 Å². The third-order valence-electron chi connectivity index (χ3n) is 11.3. The van der Waals surface area contributed by atoms with E-state index in [2.05, 4.69) is 210 Å². The highest BCUT2D eigenvalue weighted by molar-refractivity contribution is 7.25. The maximum atomic E-state index is 4.53. The number of rotatable bonds is 4. The Labute approximate surface area is 329 Å². The van der Waals surface area contributed by atoms with Gasteiger partial charge in [0.05, 0.1) is 11.0 Å². The van der Waals surface area contributed by atoms with Crippen molar-refractivity contribution in [2.75, 3.05) is 11.4 Å². The van der Waals surface area contributed by atoms with Crippen LogP contribution in [0.2, 0.25) is 0 Å². The second-order valence-electron chi connectivity index (χ2n) is 14.6. The van der Waals surface area contributed by atoms with E-state index in [1.807, 2.05) is 11.3 Å². The molecule has 0 saturated carbocycles. The largest absolute Gasteiger partial charge is 0.337 e. The zero-order valence-electron chi connectivity index (χ0n) is 30.7. The predicted octanol–water partition coefficient (Wildman–Crippen LogP) is 14.9. The van der Waals surface area contributed by atoms with Crippen molar-refractivity contribution in [1.82, 2.24) is 4.57 Å². The normalized spacial score (nSPS) is 14.3. The van der Waals surface area contributed by atoms with Gasteiger partial charge < -0.3 is 9.47 Å². The molecule has 0 fully saturated rings. The Morgan fingerprint density at radius 2 is 1.12 bits per heavy atom. The summed E-state index contributed by atoms with van der Waals surface area (Å²) >= 11 is 1.87. The molecule has 3 heterocycles. The molecule has 3 heteroatoms. The van der Waals surface area contributed by atoms with Crippen LogP contribution in [0.3, 0.4) is 0 Å². The molecule has 0 unspecified atom stereocenters. The standard InChI is InChI=1S/C53H36N2S/c1-35-12-4-3-11-29-54(42-15-5-2-6-16-42)49-26-21-38(31-46(35)49)39-22-27-50-47(32-39)48-33-40(41-20-25-45-44-17-9-10-18-52(44)56-53(45)34-41)23-28-51(48)55(50)43-24-19-36-13-7-8-14-37(36)30-43/h2-28,30-34H,1,29H2/b11-3-,12-4-. The molecule has 56 heavy (non-hydrogen) atoms. The third-order valence-corrected chi connectivity index (χ3v) is 12.5. The smallest absolute Gasteiger partial charge is 0.0541 e. The fourth-order valence-electron chi connectivity index (χ4n) is 8.55. The van der Waals surface area contributed by atoms with Crippen molar-refractivity contribution in [2.45, 2.75) is 0 Å². The molecule has 10 aromatic rings. The Balaban J connectivity index is 1.10. The van der Waals surface area contributed by atoms with Crippen molar-refractivity contribution in [1.29, 1.82) is 0 Å². The van der Waals surface area contributed by atoms with Crippen molar-refractivity contribution in [3.8, 4) is 27.9 Å². The molecule has 264 valence electrons. The van der Waals surface area contributed by atoms with Gasteiger partial charge in [-0.2, -0.15) is 0 Å². The Kier molecular flexibility index (Phi) is 7.61. The third kappa shape index (κ3) is 5.39. The number of fused-ring (bicyclic) bond motifs is 8. The second kappa shape index (κ2) is 13.1. The van der Waals surface area contributed by atoms with E-state index < -0.39 is 0 Å². The number of aromatic nitrogens is 1. The zero-order valence-corrected chi connectivity index (χ0v) is 31.5. The quantitative estimate of drug-likeness (QED) is 0.175. The molecule has 0 bridgehead atoms. The van der Waals surface area contributed by atoms with Gasteiger partial charge >= 0.3 is 0 Å². The first-order chi connectivity index (χ1) is 27.7. The van der Waals surface area contributed by atoms with Gasteiger partial charge in [-0.05, 0) is 111 Å². The number of hydrogen-bond donors (Lipinski definition) is 0. The van der Waals surface area contributed by atoms with E-state index in [0.717, 1.165) is 34.7 Å². The molecule has 0 atom stereocenters. The number of anilines is 2. The van der Waals surface area contributed by atoms with Crippen LogP contribution in [0.5, 0.6) is 0 Å². The number of hydrogen-bond acceptors (Lipinski definition) is 2. The number of allylic oxidation sites excluding steroid dienone is 4. The van der Waals surface area contributed by atoms with Crippen molar-refractivity contribution >= 4 is 81.0 Å². The summed E-state index contributed by atoms with van der Waals surface area (Å²) in [4.78, 5) is 2.37. The average Bonchev–Trinajstić information content (AvgIpc) is 3.81. The van der Waals surface area contributed by atoms with Gasteiger partial charge in [0.2, 0.25) is 0 Å². The molecule has 11 rings (SSSR count). The molecule has 1 aliphatic heterocycles. The van der Waals surface area contributed by atoms with E-state index >= 15 is 0 Å². The lowest BCUT2D eigenvalue weighted by atomic mass is 9.95. The summed E-state index contributed by atoms with van der Waals surface area (Å²) in [6.45, 7) is 5.30. The van der Waals surface area contributed by atoms with Crippen LogP contribution in [-0.2, 0) is 0 Å². The first-order valence-corrected chi connectivity index (χ1v) is 20.0. The van der Waals surface area contributed by atoms with Crippen LogP contribution >= 0.6 is 11.3 Å². The minimum absolute atomic E-state index is 0.770. The highest BCUT2D eigenvalue weighted by Gasteiger charge is 2.19. The molecule has 1 aliphatic rings. The van der Waals surface area contributed by atoms with Crippen molar-refractivity contribution in [3.63, 3.8) is 0 Å². The van der Waals surface area contributed by atoms with E-state index in [1.165, 1.54) is 75.0 Å². The summed E-state index contributed by atoms with van der Waals surface area (Å²) in [7, 11) is 0. The monoisotopic (exact) mass is 732 g/mol. The topological polar surface area (TPSA) is 8.17 Å². The molecule has 0 spiro atoms. The van der Waals surface area contributed by atoms with E-state index in [4.69, 9.17) is 0 Å². The van der Waals surface area contributed by atoms with Gasteiger partial charge in [0.25, 0.3) is 0 Å². The number of thiophene rings is 1. The highest BCUT2D eigenvalue weighted by Crippen LogP contribution is 2.42. The Bertz CT molecular complexity index is 3250. The Morgan fingerprint density at radius 1 is 0.464 bits per heavy atom. The van der Waals surface area contributed by atoms with Crippen LogP contribution in [0.15, 0.2) is 201 Å². The molecule has 0 saturated heterocycles. The minimum atomic E-state index is 0.770. The Morgan fingerprint density at radius 3 is 1.95 bits per heavy atom. The summed E-state index contributed by atoms with van der Waals surface area (Å²) in [5.41, 5.74) is 12.8. The lowest BCUT2D eigenvalue weighted by molar-refractivity contribution is 1.09. The summed E-state index contributed by atoms with van der Waals surface area (Å²) in [6.07, 6.45) is 8.53. The van der Waals surface area contributed by atoms with E-state index in [9.17, 15) is 0 Å². The second-order valence-corrected chi connectivity index (χ2v) is 15.7. The molecule has 8 aromatic carbocycles. The van der Waals surface area contributed by atoms with Crippen LogP contribution in [0.25, 0.3) is 86.3 Å². The van der Waals surface area contributed by atoms with E-state index in [1.54, 1.807) is 0 Å². The lowest BCUT2D eigenvalue weighted by Crippen LogP contribution is -2.18. The first kappa shape index (κ1) is 32.5. The molecule has 2 aromatic heterocycles. The molecule has 2 nitrogen and oxygen atoms in total. The van der Waals surface area contributed by atoms with Gasteiger partial charge in [0, 0.05) is 60.1 Å². The zero-order chi connectivity index (χ0) is 37.2. The Hall–Kier alpha value is -6.94. The maximum absolute atomic E-state index is 4.53. The number of nitrogens with zero attached hydrogens (tertiary/aromatic N) is 2. The molecule has 0 N–H and O–H groups in total. The van der Waals surface area contributed by atoms with Gasteiger partial charge in [-0.1, -0.05) is 128 Å². The van der Waals surface area contributed by atoms with Crippen molar-refractivity contribution in [3.05, 3.63) is 206 Å². The highest BCUT2D eigenvalue weighted by atomic mass is 32.1. The number of para-hydroxylation sites is 1. The minimum Gasteiger partial charge on any atom is -0.337 e. The van der Waals surface area contributed by atoms with Crippen LogP contribution in [0, 0.1) is 0 Å². The van der Waals surface area contributed by atoms with Gasteiger partial charge in [-0.25, -0.2) is 0 Å². The van der Waals surface area contributed by atoms with Crippen LogP contribution in [0.1, 0.15) is 5.56 Å². The average molecular weight is 733 g/mol. The molecular formula is C53H36N2S. The van der Waals surface area contributed by atoms with Gasteiger partial charge in [-0.3, -0.25) is 0 Å². The lowest BCUT2D eigenvalue weighted by Gasteiger charge is -2.27. The van der Waals surface area contributed by atoms with Crippen LogP contribution in [0.4, 0.5) is 11.4 Å². The first-order valence-electron chi connectivity index (χ1n) is 19.1. The molecule has 0 aliphatic carbocycles. The summed E-state index contributed by atoms with van der Waals surface area (Å²) in [5, 5.41) is 7.59. The maximum Gasteiger partial charge on any atom is 0.0541 e. The van der Waals surface area contributed by atoms with Gasteiger partial charge in [0.1, 0.15) is 0 Å². The fourth-order valence-corrected chi connectivity index (χ4v) is 9.69. The van der Waals surface area contributed by atoms with Gasteiger partial charge in [-0.15, -0.1) is 11.3 Å². The number of benzene rings is 8.